The number of rotatable bonds is 25. The van der Waals surface area contributed by atoms with Gasteiger partial charge in [0.2, 0.25) is 0 Å². The normalized spacial score (nSPS) is 25.0. The summed E-state index contributed by atoms with van der Waals surface area (Å²) in [6, 6.07) is 60.8. The van der Waals surface area contributed by atoms with Crippen molar-refractivity contribution in [3.63, 3.8) is 0 Å². The van der Waals surface area contributed by atoms with Gasteiger partial charge in [-0.3, -0.25) is 0 Å². The van der Waals surface area contributed by atoms with Crippen LogP contribution in [-0.4, -0.2) is 87.1 Å². The zero-order valence-electron chi connectivity index (χ0n) is 38.6. The molecule has 0 radical (unpaired) electrons. The van der Waals surface area contributed by atoms with Gasteiger partial charge in [-0.25, -0.2) is 0 Å². The van der Waals surface area contributed by atoms with Crippen LogP contribution in [0.1, 0.15) is 33.4 Å². The van der Waals surface area contributed by atoms with Gasteiger partial charge in [0, 0.05) is 25.7 Å². The topological polar surface area (TPSA) is 92.3 Å². The van der Waals surface area contributed by atoms with Crippen molar-refractivity contribution < 1.29 is 47.4 Å². The van der Waals surface area contributed by atoms with Gasteiger partial charge in [0.15, 0.2) is 12.6 Å². The smallest absolute Gasteiger partial charge is 0.186 e. The third kappa shape index (κ3) is 14.6. The monoisotopic (exact) mass is 958 g/mol. The van der Waals surface area contributed by atoms with Crippen LogP contribution in [0.4, 0.5) is 0 Å². The first-order valence-corrected chi connectivity index (χ1v) is 25.7. The Balaban J connectivity index is 1.02. The molecular formula is C56H62O10S2. The fourth-order valence-electron chi connectivity index (χ4n) is 8.37. The molecule has 12 heteroatoms. The molecule has 2 aliphatic heterocycles. The molecule has 2 aliphatic rings. The molecule has 0 amide bonds. The first-order chi connectivity index (χ1) is 33.6. The van der Waals surface area contributed by atoms with Crippen molar-refractivity contribution in [2.24, 2.45) is 0 Å². The van der Waals surface area contributed by atoms with Gasteiger partial charge in [0.25, 0.3) is 0 Å². The van der Waals surface area contributed by atoms with E-state index in [0.717, 1.165) is 33.4 Å². The molecule has 0 saturated carbocycles. The van der Waals surface area contributed by atoms with Gasteiger partial charge in [-0.15, -0.1) is 0 Å². The first kappa shape index (κ1) is 50.0. The lowest BCUT2D eigenvalue weighted by Gasteiger charge is -2.46. The predicted octanol–water partition coefficient (Wildman–Crippen LogP) is 10.6. The van der Waals surface area contributed by atoms with Crippen molar-refractivity contribution in [1.82, 2.24) is 0 Å². The summed E-state index contributed by atoms with van der Waals surface area (Å²) >= 11 is 0. The third-order valence-electron chi connectivity index (χ3n) is 11.9. The van der Waals surface area contributed by atoms with Gasteiger partial charge >= 0.3 is 0 Å². The SMILES string of the molecule is COC1OC(CSSCC2O[C@H](OC)C(OCc3ccccc3)C(OCc3ccccc3)[C@@H]2OCc2ccccc2)C(OCc2ccccc2)[C@H](OCc2ccccc2)C1OCc1ccccc1. The second-order valence-corrected chi connectivity index (χ2v) is 19.2. The van der Waals surface area contributed by atoms with E-state index in [9.17, 15) is 0 Å². The van der Waals surface area contributed by atoms with Crippen LogP contribution in [0.25, 0.3) is 0 Å². The summed E-state index contributed by atoms with van der Waals surface area (Å²) in [5.41, 5.74) is 6.25. The van der Waals surface area contributed by atoms with Crippen molar-refractivity contribution in [1.29, 1.82) is 0 Å². The molecule has 6 aromatic carbocycles. The summed E-state index contributed by atoms with van der Waals surface area (Å²) < 4.78 is 66.6. The highest BCUT2D eigenvalue weighted by Gasteiger charge is 2.50. The summed E-state index contributed by atoms with van der Waals surface area (Å²) in [7, 11) is 6.65. The Morgan fingerprint density at radius 1 is 0.309 bits per heavy atom. The molecule has 0 spiro atoms. The van der Waals surface area contributed by atoms with E-state index >= 15 is 0 Å². The minimum Gasteiger partial charge on any atom is -0.368 e. The molecule has 0 bridgehead atoms. The molecule has 2 fully saturated rings. The van der Waals surface area contributed by atoms with Crippen LogP contribution < -0.4 is 0 Å². The minimum absolute atomic E-state index is 0.353. The summed E-state index contributed by atoms with van der Waals surface area (Å²) in [6.07, 6.45) is -5.57. The van der Waals surface area contributed by atoms with Gasteiger partial charge in [0.1, 0.15) is 36.6 Å². The van der Waals surface area contributed by atoms with Gasteiger partial charge in [0.05, 0.1) is 51.8 Å². The fraction of sp³-hybridized carbons (Fsp3) is 0.357. The fourth-order valence-corrected chi connectivity index (χ4v) is 10.7. The van der Waals surface area contributed by atoms with E-state index in [1.54, 1.807) is 35.8 Å². The van der Waals surface area contributed by atoms with E-state index in [1.165, 1.54) is 0 Å². The summed E-state index contributed by atoms with van der Waals surface area (Å²) in [4.78, 5) is 0. The van der Waals surface area contributed by atoms with Crippen LogP contribution in [0.2, 0.25) is 0 Å². The van der Waals surface area contributed by atoms with Crippen LogP contribution in [-0.2, 0) is 87.0 Å². The maximum Gasteiger partial charge on any atom is 0.186 e. The Morgan fingerprint density at radius 3 is 0.765 bits per heavy atom. The molecule has 0 aromatic heterocycles. The van der Waals surface area contributed by atoms with Gasteiger partial charge < -0.3 is 47.4 Å². The van der Waals surface area contributed by atoms with E-state index in [2.05, 4.69) is 48.5 Å². The molecule has 2 heterocycles. The number of hydrogen-bond acceptors (Lipinski definition) is 12. The van der Waals surface area contributed by atoms with Gasteiger partial charge in [-0.2, -0.15) is 0 Å². The third-order valence-corrected chi connectivity index (χ3v) is 14.3. The second-order valence-electron chi connectivity index (χ2n) is 16.7. The lowest BCUT2D eigenvalue weighted by Crippen LogP contribution is -2.61. The molecule has 68 heavy (non-hydrogen) atoms. The van der Waals surface area contributed by atoms with E-state index in [4.69, 9.17) is 47.4 Å². The summed E-state index contributed by atoms with van der Waals surface area (Å²) in [5.74, 6) is 1.10. The number of benzene rings is 6. The van der Waals surface area contributed by atoms with Crippen molar-refractivity contribution in [3.05, 3.63) is 215 Å². The van der Waals surface area contributed by atoms with E-state index < -0.39 is 61.4 Å². The van der Waals surface area contributed by atoms with Gasteiger partial charge in [-0.1, -0.05) is 204 Å². The zero-order valence-corrected chi connectivity index (χ0v) is 40.3. The molecule has 6 aromatic rings. The van der Waals surface area contributed by atoms with Crippen LogP contribution in [0.3, 0.4) is 0 Å². The Bertz CT molecular complexity index is 2110. The van der Waals surface area contributed by atoms with E-state index in [-0.39, 0.29) is 0 Å². The second kappa shape index (κ2) is 27.1. The van der Waals surface area contributed by atoms with E-state index in [1.807, 2.05) is 133 Å². The standard InChI is InChI=1S/C56H62O10S2/c1-57-55-53(63-37-45-29-17-7-18-30-45)51(61-35-43-25-13-5-14-26-43)49(59-33-41-21-9-3-10-22-41)47(65-55)39-67-68-40-48-50(60-34-42-23-11-4-12-24-42)52(62-36-44-27-15-6-16-28-44)54(56(58-2)66-48)64-38-46-31-19-8-20-32-46/h3-32,47-56H,33-40H2,1-2H3/t47?,48?,49-,50?,51?,52+,53?,54?,55+,56?/m1/s1. The predicted molar refractivity (Wildman–Crippen MR) is 266 cm³/mol. The van der Waals surface area contributed by atoms with Crippen molar-refractivity contribution in [2.45, 2.75) is 101 Å². The highest BCUT2D eigenvalue weighted by Crippen LogP contribution is 2.38. The number of methoxy groups -OCH3 is 2. The lowest BCUT2D eigenvalue weighted by molar-refractivity contribution is -0.313. The summed E-state index contributed by atoms with van der Waals surface area (Å²) in [5, 5.41) is 0. The van der Waals surface area contributed by atoms with Crippen LogP contribution in [0, 0.1) is 0 Å². The average Bonchev–Trinajstić information content (AvgIpc) is 3.40. The molecule has 2 saturated heterocycles. The molecule has 8 rings (SSSR count). The average molecular weight is 959 g/mol. The zero-order chi connectivity index (χ0) is 46.6. The Morgan fingerprint density at radius 2 is 0.529 bits per heavy atom. The summed E-state index contributed by atoms with van der Waals surface area (Å²) in [6.45, 7) is 2.16. The highest BCUT2D eigenvalue weighted by molar-refractivity contribution is 8.76. The quantitative estimate of drug-likeness (QED) is 0.0404. The van der Waals surface area contributed by atoms with Crippen molar-refractivity contribution in [2.75, 3.05) is 25.7 Å². The van der Waals surface area contributed by atoms with E-state index in [0.29, 0.717) is 51.1 Å². The van der Waals surface area contributed by atoms with Crippen LogP contribution in [0.15, 0.2) is 182 Å². The minimum atomic E-state index is -0.720. The first-order valence-electron chi connectivity index (χ1n) is 23.2. The molecule has 7 unspecified atom stereocenters. The van der Waals surface area contributed by atoms with Gasteiger partial charge in [-0.05, 0) is 33.4 Å². The maximum absolute atomic E-state index is 6.87. The maximum atomic E-state index is 6.87. The Labute approximate surface area is 409 Å². The van der Waals surface area contributed by atoms with Crippen molar-refractivity contribution >= 4 is 21.6 Å². The molecular weight excluding hydrogens is 897 g/mol. The largest absolute Gasteiger partial charge is 0.368 e. The van der Waals surface area contributed by atoms with Crippen molar-refractivity contribution in [3.8, 4) is 0 Å². The van der Waals surface area contributed by atoms with Crippen LogP contribution >= 0.6 is 21.6 Å². The Kier molecular flexibility index (Phi) is 20.0. The lowest BCUT2D eigenvalue weighted by atomic mass is 9.98. The molecule has 10 atom stereocenters. The number of hydrogen-bond donors (Lipinski definition) is 0. The molecule has 358 valence electrons. The molecule has 0 aliphatic carbocycles. The molecule has 10 nitrogen and oxygen atoms in total. The highest BCUT2D eigenvalue weighted by atomic mass is 33.1. The Hall–Kier alpha value is -4.38. The van der Waals surface area contributed by atoms with Crippen LogP contribution in [0.5, 0.6) is 0 Å². The number of ether oxygens (including phenoxy) is 10. The molecule has 0 N–H and O–H groups in total.